The van der Waals surface area contributed by atoms with Gasteiger partial charge in [-0.3, -0.25) is 19.0 Å². The van der Waals surface area contributed by atoms with Crippen molar-refractivity contribution >= 4 is 44.7 Å². The van der Waals surface area contributed by atoms with Gasteiger partial charge in [-0.25, -0.2) is 4.98 Å². The summed E-state index contributed by atoms with van der Waals surface area (Å²) in [6, 6.07) is 12.7. The maximum atomic E-state index is 13.5. The molecule has 4 rings (SSSR count). The first-order valence-corrected chi connectivity index (χ1v) is 12.9. The number of benzene rings is 2. The summed E-state index contributed by atoms with van der Waals surface area (Å²) < 4.78 is 1.33. The number of thiophene rings is 1. The highest BCUT2D eigenvalue weighted by molar-refractivity contribution is 7.20. The highest BCUT2D eigenvalue weighted by atomic mass is 32.1. The fourth-order valence-corrected chi connectivity index (χ4v) is 5.31. The van der Waals surface area contributed by atoms with Crippen molar-refractivity contribution in [3.8, 4) is 0 Å². The number of carbonyl (C=O) groups excluding carboxylic acids is 2. The van der Waals surface area contributed by atoms with Crippen LogP contribution in [0.5, 0.6) is 0 Å². The summed E-state index contributed by atoms with van der Waals surface area (Å²) in [4.78, 5) is 45.0. The predicted molar refractivity (Wildman–Crippen MR) is 146 cm³/mol. The van der Waals surface area contributed by atoms with Crippen LogP contribution in [0.1, 0.15) is 58.7 Å². The molecule has 2 aromatic heterocycles. The largest absolute Gasteiger partial charge is 0.324 e. The fourth-order valence-electron chi connectivity index (χ4n) is 4.28. The molecule has 186 valence electrons. The number of aromatic nitrogens is 2. The van der Waals surface area contributed by atoms with Gasteiger partial charge < -0.3 is 10.6 Å². The molecule has 0 bridgehead atoms. The molecule has 0 saturated heterocycles. The first kappa shape index (κ1) is 25.3. The molecule has 4 aromatic rings. The Morgan fingerprint density at radius 1 is 1.00 bits per heavy atom. The number of rotatable bonds is 7. The fraction of sp³-hybridized carbons (Fsp3) is 0.286. The maximum Gasteiger partial charge on any atom is 0.266 e. The van der Waals surface area contributed by atoms with E-state index in [1.54, 1.807) is 13.8 Å². The number of amides is 2. The van der Waals surface area contributed by atoms with Gasteiger partial charge in [0.25, 0.3) is 11.5 Å². The number of carbonyl (C=O) groups is 2. The molecular formula is C28H30N4O3S. The Bertz CT molecular complexity index is 1500. The topological polar surface area (TPSA) is 93.1 Å². The van der Waals surface area contributed by atoms with E-state index >= 15 is 0 Å². The number of anilines is 2. The Morgan fingerprint density at radius 3 is 2.31 bits per heavy atom. The zero-order valence-electron chi connectivity index (χ0n) is 21.1. The first-order chi connectivity index (χ1) is 17.3. The third-order valence-electron chi connectivity index (χ3n) is 6.52. The molecular weight excluding hydrogens is 472 g/mol. The van der Waals surface area contributed by atoms with Gasteiger partial charge in [-0.1, -0.05) is 50.2 Å². The van der Waals surface area contributed by atoms with E-state index in [1.165, 1.54) is 22.2 Å². The average Bonchev–Trinajstić information content (AvgIpc) is 3.22. The average molecular weight is 503 g/mol. The van der Waals surface area contributed by atoms with Crippen LogP contribution in [0.25, 0.3) is 10.2 Å². The van der Waals surface area contributed by atoms with Crippen molar-refractivity contribution in [1.82, 2.24) is 9.55 Å². The Kier molecular flexibility index (Phi) is 7.35. The van der Waals surface area contributed by atoms with Gasteiger partial charge in [-0.15, -0.1) is 11.3 Å². The molecule has 1 unspecified atom stereocenters. The number of hydrogen-bond acceptors (Lipinski definition) is 5. The molecule has 0 aliphatic rings. The molecule has 2 N–H and O–H groups in total. The third kappa shape index (κ3) is 4.68. The van der Waals surface area contributed by atoms with Crippen LogP contribution in [0.15, 0.2) is 53.6 Å². The minimum Gasteiger partial charge on any atom is -0.324 e. The van der Waals surface area contributed by atoms with Crippen LogP contribution in [0.4, 0.5) is 11.4 Å². The molecule has 0 spiro atoms. The molecule has 0 aliphatic carbocycles. The first-order valence-electron chi connectivity index (χ1n) is 12.1. The van der Waals surface area contributed by atoms with E-state index in [0.717, 1.165) is 35.2 Å². The zero-order valence-corrected chi connectivity index (χ0v) is 22.0. The van der Waals surface area contributed by atoms with Crippen LogP contribution in [-0.4, -0.2) is 21.4 Å². The van der Waals surface area contributed by atoms with Crippen molar-refractivity contribution in [1.29, 1.82) is 0 Å². The second-order valence-corrected chi connectivity index (χ2v) is 9.79. The van der Waals surface area contributed by atoms with Crippen molar-refractivity contribution in [2.45, 2.75) is 53.5 Å². The van der Waals surface area contributed by atoms with Crippen LogP contribution in [0, 0.1) is 13.8 Å². The molecule has 2 heterocycles. The van der Waals surface area contributed by atoms with Gasteiger partial charge in [0.15, 0.2) is 0 Å². The van der Waals surface area contributed by atoms with E-state index in [0.29, 0.717) is 26.3 Å². The van der Waals surface area contributed by atoms with Crippen molar-refractivity contribution in [2.24, 2.45) is 0 Å². The van der Waals surface area contributed by atoms with Crippen LogP contribution in [-0.2, 0) is 17.6 Å². The van der Waals surface area contributed by atoms with Crippen LogP contribution < -0.4 is 16.2 Å². The molecule has 2 aromatic carbocycles. The summed E-state index contributed by atoms with van der Waals surface area (Å²) in [6.45, 7) is 9.43. The SMILES string of the molecule is CCc1cccc(CC)c1NC(=O)C(C)n1cnc2sc(C(=O)Nc3ccccc3C)c(C)c2c1=O. The van der Waals surface area contributed by atoms with Crippen LogP contribution >= 0.6 is 11.3 Å². The monoisotopic (exact) mass is 502 g/mol. The summed E-state index contributed by atoms with van der Waals surface area (Å²) in [7, 11) is 0. The van der Waals surface area contributed by atoms with Crippen LogP contribution in [0.2, 0.25) is 0 Å². The number of nitrogens with zero attached hydrogens (tertiary/aromatic N) is 2. The maximum absolute atomic E-state index is 13.5. The highest BCUT2D eigenvalue weighted by Gasteiger charge is 2.24. The molecule has 1 atom stereocenters. The van der Waals surface area contributed by atoms with E-state index in [9.17, 15) is 14.4 Å². The smallest absolute Gasteiger partial charge is 0.266 e. The minimum atomic E-state index is -0.785. The molecule has 0 aliphatic heterocycles. The standard InChI is InChI=1S/C28H30N4O3S/c1-6-19-12-10-13-20(7-2)23(19)31-25(33)18(5)32-15-29-27-22(28(32)35)17(4)24(36-27)26(34)30-21-14-9-8-11-16(21)3/h8-15,18H,6-7H2,1-5H3,(H,30,34)(H,31,33). The Morgan fingerprint density at radius 2 is 1.67 bits per heavy atom. The van der Waals surface area contributed by atoms with Gasteiger partial charge in [0.05, 0.1) is 16.6 Å². The summed E-state index contributed by atoms with van der Waals surface area (Å²) in [5, 5.41) is 6.32. The van der Waals surface area contributed by atoms with E-state index < -0.39 is 6.04 Å². The molecule has 8 heteroatoms. The lowest BCUT2D eigenvalue weighted by atomic mass is 10.0. The molecule has 7 nitrogen and oxygen atoms in total. The molecule has 0 fully saturated rings. The Balaban J connectivity index is 1.65. The lowest BCUT2D eigenvalue weighted by Crippen LogP contribution is -2.32. The van der Waals surface area contributed by atoms with E-state index in [2.05, 4.69) is 15.6 Å². The molecule has 2 amide bonds. The Hall–Kier alpha value is -3.78. The molecule has 0 radical (unpaired) electrons. The van der Waals surface area contributed by atoms with Crippen molar-refractivity contribution in [3.63, 3.8) is 0 Å². The summed E-state index contributed by atoms with van der Waals surface area (Å²) >= 11 is 1.18. The van der Waals surface area contributed by atoms with Gasteiger partial charge in [0.1, 0.15) is 10.9 Å². The van der Waals surface area contributed by atoms with E-state index in [1.807, 2.05) is 63.2 Å². The number of para-hydroxylation sites is 2. The third-order valence-corrected chi connectivity index (χ3v) is 7.72. The molecule has 36 heavy (non-hydrogen) atoms. The summed E-state index contributed by atoms with van der Waals surface area (Å²) in [5.41, 5.74) is 4.79. The Labute approximate surface area is 214 Å². The quantitative estimate of drug-likeness (QED) is 0.341. The number of aryl methyl sites for hydroxylation is 4. The number of fused-ring (bicyclic) bond motifs is 1. The van der Waals surface area contributed by atoms with E-state index in [-0.39, 0.29) is 17.4 Å². The summed E-state index contributed by atoms with van der Waals surface area (Å²) in [6.07, 6.45) is 2.96. The number of nitrogens with one attached hydrogen (secondary N) is 2. The lowest BCUT2D eigenvalue weighted by Gasteiger charge is -2.18. The van der Waals surface area contributed by atoms with Gasteiger partial charge in [0.2, 0.25) is 5.91 Å². The van der Waals surface area contributed by atoms with Crippen LogP contribution in [0.3, 0.4) is 0 Å². The zero-order chi connectivity index (χ0) is 26.0. The minimum absolute atomic E-state index is 0.287. The van der Waals surface area contributed by atoms with Gasteiger partial charge in [0, 0.05) is 11.4 Å². The summed E-state index contributed by atoms with van der Waals surface area (Å²) in [5.74, 6) is -0.580. The van der Waals surface area contributed by atoms with E-state index in [4.69, 9.17) is 0 Å². The van der Waals surface area contributed by atoms with Gasteiger partial charge in [-0.2, -0.15) is 0 Å². The molecule has 0 saturated carbocycles. The van der Waals surface area contributed by atoms with Crippen molar-refractivity contribution < 1.29 is 9.59 Å². The van der Waals surface area contributed by atoms with Gasteiger partial charge in [-0.05, 0) is 61.9 Å². The van der Waals surface area contributed by atoms with Crippen molar-refractivity contribution in [3.05, 3.63) is 86.3 Å². The second kappa shape index (κ2) is 10.5. The van der Waals surface area contributed by atoms with Gasteiger partial charge >= 0.3 is 0 Å². The normalized spacial score (nSPS) is 11.9. The van der Waals surface area contributed by atoms with Crippen molar-refractivity contribution in [2.75, 3.05) is 10.6 Å². The highest BCUT2D eigenvalue weighted by Crippen LogP contribution is 2.29. The second-order valence-electron chi connectivity index (χ2n) is 8.79. The lowest BCUT2D eigenvalue weighted by molar-refractivity contribution is -0.118. The predicted octanol–water partition coefficient (Wildman–Crippen LogP) is 5.65. The number of hydrogen-bond donors (Lipinski definition) is 2.